The van der Waals surface area contributed by atoms with Gasteiger partial charge in [-0.25, -0.2) is 4.98 Å². The van der Waals surface area contributed by atoms with Crippen LogP contribution in [-0.4, -0.2) is 23.0 Å². The summed E-state index contributed by atoms with van der Waals surface area (Å²) in [6.45, 7) is 3.50. The Kier molecular flexibility index (Phi) is 3.91. The van der Waals surface area contributed by atoms with Crippen LogP contribution in [0.25, 0.3) is 11.6 Å². The number of fused-ring (bicyclic) bond motifs is 2. The number of hydrogen-bond acceptors (Lipinski definition) is 3. The molecule has 3 heteroatoms. The molecule has 126 valence electrons. The number of aromatic nitrogens is 1. The predicted octanol–water partition coefficient (Wildman–Crippen LogP) is 3.04. The summed E-state index contributed by atoms with van der Waals surface area (Å²) >= 11 is 1.91. The van der Waals surface area contributed by atoms with Gasteiger partial charge in [0.1, 0.15) is 0 Å². The molecule has 5 rings (SSSR count). The van der Waals surface area contributed by atoms with Crippen LogP contribution in [0.4, 0.5) is 0 Å². The summed E-state index contributed by atoms with van der Waals surface area (Å²) in [4.78, 5) is 7.60. The molecule has 0 radical (unpaired) electrons. The van der Waals surface area contributed by atoms with E-state index in [1.54, 1.807) is 0 Å². The van der Waals surface area contributed by atoms with Crippen molar-refractivity contribution in [3.05, 3.63) is 74.6 Å². The summed E-state index contributed by atoms with van der Waals surface area (Å²) < 4.78 is 1.37. The molecule has 0 saturated carbocycles. The molecule has 0 bridgehead atoms. The van der Waals surface area contributed by atoms with E-state index in [1.807, 2.05) is 11.3 Å². The number of rotatable bonds is 4. The Bertz CT molecular complexity index is 965. The van der Waals surface area contributed by atoms with Gasteiger partial charge in [0.2, 0.25) is 0 Å². The van der Waals surface area contributed by atoms with Crippen LogP contribution in [0, 0.1) is 5.92 Å². The van der Waals surface area contributed by atoms with Crippen LogP contribution in [-0.2, 0) is 13.0 Å². The molecule has 1 aromatic carbocycles. The first-order valence-electron chi connectivity index (χ1n) is 9.19. The fourth-order valence-corrected chi connectivity index (χ4v) is 5.34. The summed E-state index contributed by atoms with van der Waals surface area (Å²) in [5.74, 6) is 0.751. The van der Waals surface area contributed by atoms with Crippen LogP contribution in [0.3, 0.4) is 0 Å². The first-order valence-corrected chi connectivity index (χ1v) is 10.0. The van der Waals surface area contributed by atoms with E-state index in [-0.39, 0.29) is 0 Å². The van der Waals surface area contributed by atoms with Crippen molar-refractivity contribution in [2.45, 2.75) is 25.8 Å². The van der Waals surface area contributed by atoms with Gasteiger partial charge in [0, 0.05) is 19.5 Å². The van der Waals surface area contributed by atoms with Gasteiger partial charge < -0.3 is 0 Å². The lowest BCUT2D eigenvalue weighted by Gasteiger charge is -2.15. The van der Waals surface area contributed by atoms with E-state index in [0.717, 1.165) is 25.3 Å². The maximum Gasteiger partial charge on any atom is 0.0942 e. The Hall–Kier alpha value is -1.97. The van der Waals surface area contributed by atoms with E-state index in [1.165, 1.54) is 51.1 Å². The minimum Gasteiger partial charge on any atom is -0.299 e. The Morgan fingerprint density at radius 2 is 2.12 bits per heavy atom. The van der Waals surface area contributed by atoms with E-state index in [4.69, 9.17) is 4.98 Å². The lowest BCUT2D eigenvalue weighted by molar-refractivity contribution is 0.316. The van der Waals surface area contributed by atoms with E-state index in [9.17, 15) is 0 Å². The fourth-order valence-electron chi connectivity index (χ4n) is 4.18. The second kappa shape index (κ2) is 6.40. The van der Waals surface area contributed by atoms with Crippen molar-refractivity contribution < 1.29 is 0 Å². The van der Waals surface area contributed by atoms with Crippen molar-refractivity contribution in [2.75, 3.05) is 13.1 Å². The highest BCUT2D eigenvalue weighted by atomic mass is 32.1. The van der Waals surface area contributed by atoms with E-state index in [0.29, 0.717) is 0 Å². The van der Waals surface area contributed by atoms with Gasteiger partial charge in [-0.1, -0.05) is 48.6 Å². The van der Waals surface area contributed by atoms with E-state index in [2.05, 4.69) is 59.5 Å². The number of allylic oxidation sites excluding steroid dienone is 4. The Morgan fingerprint density at radius 3 is 3.04 bits per heavy atom. The third-order valence-electron chi connectivity index (χ3n) is 5.43. The molecule has 1 aromatic heterocycles. The van der Waals surface area contributed by atoms with Gasteiger partial charge in [-0.15, -0.1) is 11.3 Å². The van der Waals surface area contributed by atoms with E-state index < -0.39 is 0 Å². The Balaban J connectivity index is 1.27. The second-order valence-electron chi connectivity index (χ2n) is 7.28. The number of nitrogens with zero attached hydrogens (tertiary/aromatic N) is 2. The van der Waals surface area contributed by atoms with Gasteiger partial charge in [0.15, 0.2) is 0 Å². The zero-order valence-electron chi connectivity index (χ0n) is 14.3. The smallest absolute Gasteiger partial charge is 0.0942 e. The molecule has 1 unspecified atom stereocenters. The monoisotopic (exact) mass is 346 g/mol. The fraction of sp³-hybridized carbons (Fsp3) is 0.318. The molecule has 1 saturated heterocycles. The standard InChI is InChI=1S/C22H22N2S/c1-2-6-16(7-3-1)14-24-11-10-17(15-24)12-21-23-22-19-9-5-4-8-18(19)13-20(22)25-21/h1-8,13,17H,9-12,14-15H2. The summed E-state index contributed by atoms with van der Waals surface area (Å²) in [5, 5.41) is 2.59. The van der Waals surface area contributed by atoms with Crippen molar-refractivity contribution in [3.8, 4) is 0 Å². The summed E-state index contributed by atoms with van der Waals surface area (Å²) in [6.07, 6.45) is 12.4. The van der Waals surface area contributed by atoms with Crippen molar-refractivity contribution in [3.63, 3.8) is 0 Å². The minimum atomic E-state index is 0.751. The Labute approximate surface area is 152 Å². The molecule has 2 aliphatic carbocycles. The van der Waals surface area contributed by atoms with Crippen molar-refractivity contribution in [1.29, 1.82) is 0 Å². The van der Waals surface area contributed by atoms with Crippen molar-refractivity contribution in [1.82, 2.24) is 9.88 Å². The highest BCUT2D eigenvalue weighted by Crippen LogP contribution is 2.25. The Morgan fingerprint density at radius 1 is 1.20 bits per heavy atom. The largest absolute Gasteiger partial charge is 0.299 e. The lowest BCUT2D eigenvalue weighted by Crippen LogP contribution is -2.21. The van der Waals surface area contributed by atoms with Crippen LogP contribution >= 0.6 is 11.3 Å². The molecular weight excluding hydrogens is 324 g/mol. The van der Waals surface area contributed by atoms with Gasteiger partial charge >= 0.3 is 0 Å². The molecule has 3 aliphatic rings. The normalized spacial score (nSPS) is 21.8. The molecule has 0 amide bonds. The third-order valence-corrected chi connectivity index (χ3v) is 6.46. The van der Waals surface area contributed by atoms with Gasteiger partial charge in [-0.2, -0.15) is 0 Å². The van der Waals surface area contributed by atoms with Gasteiger partial charge in [0.05, 0.1) is 14.9 Å². The predicted molar refractivity (Wildman–Crippen MR) is 105 cm³/mol. The molecule has 2 aromatic rings. The van der Waals surface area contributed by atoms with Crippen LogP contribution in [0.5, 0.6) is 0 Å². The molecule has 1 atom stereocenters. The SMILES string of the molecule is C1=CCC2=c3nc(CC4CCN(Cc5ccccc5)C4)sc3=CC2=C1. The summed E-state index contributed by atoms with van der Waals surface area (Å²) in [5.41, 5.74) is 4.22. The molecule has 0 N–H and O–H groups in total. The molecule has 25 heavy (non-hydrogen) atoms. The zero-order valence-corrected chi connectivity index (χ0v) is 15.1. The number of thiazole rings is 1. The highest BCUT2D eigenvalue weighted by molar-refractivity contribution is 7.09. The molecule has 2 nitrogen and oxygen atoms in total. The molecule has 2 heterocycles. The average Bonchev–Trinajstić information content (AvgIpc) is 3.31. The molecule has 1 fully saturated rings. The lowest BCUT2D eigenvalue weighted by atomic mass is 10.0. The van der Waals surface area contributed by atoms with Crippen LogP contribution in [0.2, 0.25) is 0 Å². The number of likely N-dealkylation sites (tertiary alicyclic amines) is 1. The maximum atomic E-state index is 5.00. The molecular formula is C22H22N2S. The minimum absolute atomic E-state index is 0.751. The van der Waals surface area contributed by atoms with E-state index >= 15 is 0 Å². The first-order chi connectivity index (χ1) is 12.3. The topological polar surface area (TPSA) is 16.1 Å². The molecule has 0 spiro atoms. The second-order valence-corrected chi connectivity index (χ2v) is 8.39. The van der Waals surface area contributed by atoms with Gasteiger partial charge in [0.25, 0.3) is 0 Å². The van der Waals surface area contributed by atoms with Crippen molar-refractivity contribution in [2.24, 2.45) is 5.92 Å². The van der Waals surface area contributed by atoms with Crippen LogP contribution in [0.1, 0.15) is 23.4 Å². The van der Waals surface area contributed by atoms with Crippen LogP contribution in [0.15, 0.2) is 54.1 Å². The number of benzene rings is 1. The third kappa shape index (κ3) is 3.03. The highest BCUT2D eigenvalue weighted by Gasteiger charge is 2.24. The summed E-state index contributed by atoms with van der Waals surface area (Å²) in [7, 11) is 0. The number of hydrogen-bond donors (Lipinski definition) is 0. The zero-order chi connectivity index (χ0) is 16.6. The molecule has 1 aliphatic heterocycles. The van der Waals surface area contributed by atoms with Crippen molar-refractivity contribution >= 4 is 23.0 Å². The average molecular weight is 346 g/mol. The first kappa shape index (κ1) is 15.3. The quantitative estimate of drug-likeness (QED) is 0.846. The van der Waals surface area contributed by atoms with Gasteiger partial charge in [-0.05, 0) is 48.1 Å². The van der Waals surface area contributed by atoms with Gasteiger partial charge in [-0.3, -0.25) is 4.90 Å². The maximum absolute atomic E-state index is 5.00. The van der Waals surface area contributed by atoms with Crippen LogP contribution < -0.4 is 9.88 Å². The summed E-state index contributed by atoms with van der Waals surface area (Å²) in [6, 6.07) is 10.8.